The van der Waals surface area contributed by atoms with Crippen molar-refractivity contribution in [3.63, 3.8) is 0 Å². The molecule has 0 spiro atoms. The van der Waals surface area contributed by atoms with Crippen LogP contribution in [0, 0.1) is 17.1 Å². The molecule has 3 nitrogen and oxygen atoms in total. The number of halogens is 1. The number of hydrogen-bond donors (Lipinski definition) is 1. The fraction of sp³-hybridized carbons (Fsp3) is 0.231. The Labute approximate surface area is 109 Å². The highest BCUT2D eigenvalue weighted by molar-refractivity contribution is 8.02. The molecule has 0 aliphatic carbocycles. The number of hydrogen-bond acceptors (Lipinski definition) is 3. The largest absolute Gasteiger partial charge is 0.320 e. The van der Waals surface area contributed by atoms with Crippen molar-refractivity contribution in [2.75, 3.05) is 6.26 Å². The van der Waals surface area contributed by atoms with Gasteiger partial charge in [-0.25, -0.2) is 4.39 Å². The van der Waals surface area contributed by atoms with Gasteiger partial charge in [0, 0.05) is 12.3 Å². The SMILES string of the molecule is CSC1=C(C#N)C(c2ccc(F)cc2)CC(=O)N1. The van der Waals surface area contributed by atoms with Gasteiger partial charge in [0.25, 0.3) is 0 Å². The molecule has 1 aromatic carbocycles. The summed E-state index contributed by atoms with van der Waals surface area (Å²) in [6, 6.07) is 8.06. The van der Waals surface area contributed by atoms with Gasteiger partial charge in [-0.05, 0) is 24.0 Å². The zero-order valence-electron chi connectivity index (χ0n) is 9.74. The number of rotatable bonds is 2. The fourth-order valence-corrected chi connectivity index (χ4v) is 2.58. The number of allylic oxidation sites excluding steroid dienone is 1. The van der Waals surface area contributed by atoms with E-state index in [0.717, 1.165) is 5.56 Å². The molecule has 1 unspecified atom stereocenters. The second-order valence-electron chi connectivity index (χ2n) is 3.92. The summed E-state index contributed by atoms with van der Waals surface area (Å²) in [5.41, 5.74) is 1.32. The molecule has 1 aliphatic rings. The minimum atomic E-state index is -0.327. The molecule has 1 heterocycles. The minimum absolute atomic E-state index is 0.118. The second kappa shape index (κ2) is 5.23. The highest BCUT2D eigenvalue weighted by atomic mass is 32.2. The third kappa shape index (κ3) is 2.39. The molecule has 2 rings (SSSR count). The third-order valence-electron chi connectivity index (χ3n) is 2.83. The Morgan fingerprint density at radius 1 is 1.44 bits per heavy atom. The van der Waals surface area contributed by atoms with Gasteiger partial charge in [-0.2, -0.15) is 5.26 Å². The second-order valence-corrected chi connectivity index (χ2v) is 4.73. The number of carbonyl (C=O) groups excluding carboxylic acids is 1. The van der Waals surface area contributed by atoms with E-state index in [2.05, 4.69) is 11.4 Å². The van der Waals surface area contributed by atoms with Crippen LogP contribution in [0.5, 0.6) is 0 Å². The molecule has 0 radical (unpaired) electrons. The number of carbonyl (C=O) groups is 1. The maximum Gasteiger partial charge on any atom is 0.225 e. The summed E-state index contributed by atoms with van der Waals surface area (Å²) in [4.78, 5) is 11.6. The van der Waals surface area contributed by atoms with E-state index in [1.165, 1.54) is 23.9 Å². The van der Waals surface area contributed by atoms with Crippen molar-refractivity contribution in [2.45, 2.75) is 12.3 Å². The number of thioether (sulfide) groups is 1. The molecular weight excluding hydrogens is 251 g/mol. The van der Waals surface area contributed by atoms with E-state index < -0.39 is 0 Å². The molecule has 1 amide bonds. The van der Waals surface area contributed by atoms with Crippen LogP contribution in [0.3, 0.4) is 0 Å². The van der Waals surface area contributed by atoms with Crippen LogP contribution < -0.4 is 5.32 Å². The summed E-state index contributed by atoms with van der Waals surface area (Å²) in [6.45, 7) is 0. The number of nitrogens with zero attached hydrogens (tertiary/aromatic N) is 1. The first-order valence-corrected chi connectivity index (χ1v) is 6.61. The van der Waals surface area contributed by atoms with E-state index in [1.807, 2.05) is 0 Å². The average molecular weight is 262 g/mol. The highest BCUT2D eigenvalue weighted by Crippen LogP contribution is 2.34. The summed E-state index contributed by atoms with van der Waals surface area (Å²) in [5.74, 6) is -0.730. The molecule has 18 heavy (non-hydrogen) atoms. The maximum absolute atomic E-state index is 12.9. The van der Waals surface area contributed by atoms with Crippen molar-refractivity contribution in [3.8, 4) is 6.07 Å². The lowest BCUT2D eigenvalue weighted by Crippen LogP contribution is -2.30. The van der Waals surface area contributed by atoms with Crippen LogP contribution in [-0.4, -0.2) is 12.2 Å². The maximum atomic E-state index is 12.9. The van der Waals surface area contributed by atoms with Crippen LogP contribution in [0.4, 0.5) is 4.39 Å². The number of amides is 1. The fourth-order valence-electron chi connectivity index (χ4n) is 1.96. The lowest BCUT2D eigenvalue weighted by molar-refractivity contribution is -0.120. The van der Waals surface area contributed by atoms with Crippen molar-refractivity contribution in [3.05, 3.63) is 46.2 Å². The lowest BCUT2D eigenvalue weighted by atomic mass is 9.87. The molecule has 0 bridgehead atoms. The highest BCUT2D eigenvalue weighted by Gasteiger charge is 2.28. The van der Waals surface area contributed by atoms with Crippen LogP contribution >= 0.6 is 11.8 Å². The average Bonchev–Trinajstić information content (AvgIpc) is 2.38. The molecule has 1 aliphatic heterocycles. The molecule has 5 heteroatoms. The molecule has 0 aromatic heterocycles. The molecule has 92 valence electrons. The number of benzene rings is 1. The van der Waals surface area contributed by atoms with Crippen molar-refractivity contribution >= 4 is 17.7 Å². The molecule has 0 fully saturated rings. The molecule has 1 atom stereocenters. The minimum Gasteiger partial charge on any atom is -0.320 e. The van der Waals surface area contributed by atoms with Gasteiger partial charge in [-0.15, -0.1) is 11.8 Å². The molecular formula is C13H11FN2OS. The quantitative estimate of drug-likeness (QED) is 0.891. The Kier molecular flexibility index (Phi) is 3.68. The first-order chi connectivity index (χ1) is 8.65. The van der Waals surface area contributed by atoms with E-state index in [0.29, 0.717) is 10.6 Å². The predicted octanol–water partition coefficient (Wildman–Crippen LogP) is 2.53. The van der Waals surface area contributed by atoms with E-state index >= 15 is 0 Å². The van der Waals surface area contributed by atoms with Gasteiger partial charge in [0.1, 0.15) is 5.82 Å². The molecule has 1 aromatic rings. The first kappa shape index (κ1) is 12.7. The smallest absolute Gasteiger partial charge is 0.225 e. The van der Waals surface area contributed by atoms with Gasteiger partial charge >= 0.3 is 0 Å². The van der Waals surface area contributed by atoms with Gasteiger partial charge in [0.15, 0.2) is 0 Å². The van der Waals surface area contributed by atoms with Gasteiger partial charge in [0.05, 0.1) is 16.7 Å². The Bertz CT molecular complexity index is 545. The molecule has 0 saturated heterocycles. The monoisotopic (exact) mass is 262 g/mol. The van der Waals surface area contributed by atoms with Crippen LogP contribution in [-0.2, 0) is 4.79 Å². The Hall–Kier alpha value is -1.80. The lowest BCUT2D eigenvalue weighted by Gasteiger charge is -2.24. The first-order valence-electron chi connectivity index (χ1n) is 5.39. The summed E-state index contributed by atoms with van der Waals surface area (Å²) in [7, 11) is 0. The third-order valence-corrected chi connectivity index (χ3v) is 3.56. The Morgan fingerprint density at radius 2 is 2.11 bits per heavy atom. The topological polar surface area (TPSA) is 52.9 Å². The summed E-state index contributed by atoms with van der Waals surface area (Å²) >= 11 is 1.33. The Morgan fingerprint density at radius 3 is 2.67 bits per heavy atom. The van der Waals surface area contributed by atoms with Crippen molar-refractivity contribution in [1.29, 1.82) is 5.26 Å². The van der Waals surface area contributed by atoms with Gasteiger partial charge in [-0.3, -0.25) is 4.79 Å². The molecule has 0 saturated carbocycles. The van der Waals surface area contributed by atoms with E-state index in [4.69, 9.17) is 0 Å². The zero-order valence-corrected chi connectivity index (χ0v) is 10.6. The summed E-state index contributed by atoms with van der Waals surface area (Å²) in [6.07, 6.45) is 2.03. The van der Waals surface area contributed by atoms with Crippen molar-refractivity contribution in [1.82, 2.24) is 5.32 Å². The summed E-state index contributed by atoms with van der Waals surface area (Å²) < 4.78 is 12.9. The van der Waals surface area contributed by atoms with Crippen LogP contribution in [0.25, 0.3) is 0 Å². The summed E-state index contributed by atoms with van der Waals surface area (Å²) in [5, 5.41) is 12.5. The van der Waals surface area contributed by atoms with Crippen LogP contribution in [0.1, 0.15) is 17.9 Å². The van der Waals surface area contributed by atoms with Crippen molar-refractivity contribution in [2.24, 2.45) is 0 Å². The predicted molar refractivity (Wildman–Crippen MR) is 68.1 cm³/mol. The van der Waals surface area contributed by atoms with E-state index in [1.54, 1.807) is 18.4 Å². The van der Waals surface area contributed by atoms with Crippen LogP contribution in [0.2, 0.25) is 0 Å². The Balaban J connectivity index is 2.45. The number of nitriles is 1. The zero-order chi connectivity index (χ0) is 13.1. The molecule has 1 N–H and O–H groups in total. The number of nitrogens with one attached hydrogen (secondary N) is 1. The van der Waals surface area contributed by atoms with Crippen molar-refractivity contribution < 1.29 is 9.18 Å². The van der Waals surface area contributed by atoms with Gasteiger partial charge < -0.3 is 5.32 Å². The van der Waals surface area contributed by atoms with Gasteiger partial charge in [0.2, 0.25) is 5.91 Å². The van der Waals surface area contributed by atoms with Crippen LogP contribution in [0.15, 0.2) is 34.9 Å². The normalized spacial score (nSPS) is 19.4. The van der Waals surface area contributed by atoms with E-state index in [9.17, 15) is 14.4 Å². The van der Waals surface area contributed by atoms with E-state index in [-0.39, 0.29) is 24.1 Å². The van der Waals surface area contributed by atoms with Gasteiger partial charge in [-0.1, -0.05) is 12.1 Å². The standard InChI is InChI=1S/C13H11FN2OS/c1-18-13-11(7-15)10(6-12(17)16-13)8-2-4-9(14)5-3-8/h2-5,10H,6H2,1H3,(H,16,17).